The molecule has 12 heteroatoms. The van der Waals surface area contributed by atoms with Crippen LogP contribution >= 0.6 is 0 Å². The fourth-order valence-corrected chi connectivity index (χ4v) is 10.5. The minimum absolute atomic E-state index is 0.0882. The van der Waals surface area contributed by atoms with E-state index in [-0.39, 0.29) is 72.0 Å². The molecule has 0 unspecified atom stereocenters. The van der Waals surface area contributed by atoms with E-state index in [0.717, 1.165) is 16.7 Å². The molecule has 1 aliphatic carbocycles. The van der Waals surface area contributed by atoms with Gasteiger partial charge in [-0.2, -0.15) is 0 Å². The Bertz CT molecular complexity index is 2620. The summed E-state index contributed by atoms with van der Waals surface area (Å²) < 4.78 is 55.8. The third-order valence-corrected chi connectivity index (χ3v) is 14.8. The molecule has 6 aromatic carbocycles. The first-order valence-electron chi connectivity index (χ1n) is 25.4. The lowest BCUT2D eigenvalue weighted by Gasteiger charge is -2.27. The first-order chi connectivity index (χ1) is 35.4. The van der Waals surface area contributed by atoms with Gasteiger partial charge >= 0.3 is 0 Å². The van der Waals surface area contributed by atoms with Crippen molar-refractivity contribution in [2.24, 2.45) is 0 Å². The lowest BCUT2D eigenvalue weighted by molar-refractivity contribution is 0.363. The lowest BCUT2D eigenvalue weighted by Crippen LogP contribution is -2.14. The maximum absolute atomic E-state index is 12.7. The summed E-state index contributed by atoms with van der Waals surface area (Å²) in [5.41, 5.74) is 9.93. The Hall–Kier alpha value is -7.08. The van der Waals surface area contributed by atoms with Crippen molar-refractivity contribution in [2.75, 3.05) is 64.0 Å². The highest BCUT2D eigenvalue weighted by Crippen LogP contribution is 2.50. The van der Waals surface area contributed by atoms with Crippen LogP contribution in [0.5, 0.6) is 69.0 Å². The molecule has 12 nitrogen and oxygen atoms in total. The van der Waals surface area contributed by atoms with Crippen LogP contribution in [0.25, 0.3) is 0 Å². The molecule has 3 N–H and O–H groups in total. The average molecular weight is 1030 g/mol. The van der Waals surface area contributed by atoms with Crippen LogP contribution in [0.1, 0.15) is 146 Å². The van der Waals surface area contributed by atoms with Gasteiger partial charge in [0.25, 0.3) is 0 Å². The third-order valence-electron chi connectivity index (χ3n) is 14.8. The van der Waals surface area contributed by atoms with Gasteiger partial charge in [-0.25, -0.2) is 0 Å². The second-order valence-corrected chi connectivity index (χ2v) is 22.6. The molecule has 6 aromatic rings. The molecule has 7 rings (SSSR count). The van der Waals surface area contributed by atoms with E-state index < -0.39 is 0 Å². The summed E-state index contributed by atoms with van der Waals surface area (Å²) in [6, 6.07) is 17.8. The Morgan fingerprint density at radius 2 is 0.427 bits per heavy atom. The summed E-state index contributed by atoms with van der Waals surface area (Å²) in [5.74, 6) is 4.78. The third kappa shape index (κ3) is 10.9. The molecular weight excluding hydrogens is 949 g/mol. The van der Waals surface area contributed by atoms with E-state index in [1.165, 1.54) is 0 Å². The maximum atomic E-state index is 12.7. The SMILES string of the molecule is COc1cc(OC)c2c(OC)c1Cc1cc(C(C)(C)C)cc(c1O)Cc1c(OC)cc(OC)c(c1OC)Cc1cc(C(C)(C)C)cc(c1O)Cc1c(OC)cc(OC)c(c1OC)Cc1cc(C(C)(C)C)cc(c1O)C2. The predicted octanol–water partition coefficient (Wildman–Crippen LogP) is 12.6. The molecule has 0 aromatic heterocycles. The number of benzene rings is 6. The van der Waals surface area contributed by atoms with Gasteiger partial charge in [-0.15, -0.1) is 0 Å². The molecule has 402 valence electrons. The van der Waals surface area contributed by atoms with Gasteiger partial charge in [0, 0.05) is 90.1 Å². The minimum atomic E-state index is -0.336. The van der Waals surface area contributed by atoms with Crippen molar-refractivity contribution in [1.82, 2.24) is 0 Å². The Morgan fingerprint density at radius 1 is 0.267 bits per heavy atom. The van der Waals surface area contributed by atoms with E-state index in [0.29, 0.717) is 119 Å². The maximum Gasteiger partial charge on any atom is 0.133 e. The van der Waals surface area contributed by atoms with Gasteiger partial charge < -0.3 is 58.0 Å². The van der Waals surface area contributed by atoms with Crippen molar-refractivity contribution in [3.63, 3.8) is 0 Å². The summed E-state index contributed by atoms with van der Waals surface area (Å²) in [6.45, 7) is 19.3. The summed E-state index contributed by atoms with van der Waals surface area (Å²) >= 11 is 0. The number of phenols is 3. The molecule has 0 saturated carbocycles. The molecule has 0 saturated heterocycles. The number of methoxy groups -OCH3 is 9. The number of aromatic hydroxyl groups is 3. The van der Waals surface area contributed by atoms with E-state index in [1.54, 1.807) is 64.0 Å². The Labute approximate surface area is 444 Å². The molecule has 0 amide bonds. The van der Waals surface area contributed by atoms with Crippen molar-refractivity contribution >= 4 is 0 Å². The van der Waals surface area contributed by atoms with Crippen molar-refractivity contribution < 1.29 is 58.0 Å². The van der Waals surface area contributed by atoms with Gasteiger partial charge in [0.15, 0.2) is 0 Å². The van der Waals surface area contributed by atoms with E-state index in [1.807, 2.05) is 54.6 Å². The van der Waals surface area contributed by atoms with Crippen LogP contribution in [0.15, 0.2) is 54.6 Å². The molecule has 0 spiro atoms. The summed E-state index contributed by atoms with van der Waals surface area (Å²) in [6.07, 6.45) is 1.24. The number of ether oxygens (including phenoxy) is 9. The zero-order chi connectivity index (χ0) is 55.1. The van der Waals surface area contributed by atoms with Crippen LogP contribution in [0.4, 0.5) is 0 Å². The van der Waals surface area contributed by atoms with Crippen LogP contribution in [0, 0.1) is 0 Å². The molecule has 75 heavy (non-hydrogen) atoms. The van der Waals surface area contributed by atoms with Gasteiger partial charge in [-0.1, -0.05) is 98.7 Å². The first-order valence-corrected chi connectivity index (χ1v) is 25.4. The highest BCUT2D eigenvalue weighted by atomic mass is 16.5. The number of hydrogen-bond donors (Lipinski definition) is 3. The lowest BCUT2D eigenvalue weighted by atomic mass is 9.81. The quantitative estimate of drug-likeness (QED) is 0.127. The second kappa shape index (κ2) is 21.6. The number of phenolic OH excluding ortho intramolecular Hbond substituents is 3. The van der Waals surface area contributed by atoms with Gasteiger partial charge in [0.1, 0.15) is 69.0 Å². The molecular formula is C63H78O12. The highest BCUT2D eigenvalue weighted by molar-refractivity contribution is 5.67. The van der Waals surface area contributed by atoms with Crippen LogP contribution < -0.4 is 42.6 Å². The minimum Gasteiger partial charge on any atom is -0.507 e. The second-order valence-electron chi connectivity index (χ2n) is 22.6. The fourth-order valence-electron chi connectivity index (χ4n) is 10.5. The number of fused-ring (bicyclic) bond motifs is 12. The van der Waals surface area contributed by atoms with E-state index in [4.69, 9.17) is 42.6 Å². The van der Waals surface area contributed by atoms with Crippen molar-refractivity contribution in [2.45, 2.75) is 117 Å². The molecule has 0 radical (unpaired) electrons. The van der Waals surface area contributed by atoms with Crippen LogP contribution in [-0.2, 0) is 54.8 Å². The van der Waals surface area contributed by atoms with Gasteiger partial charge in [0.2, 0.25) is 0 Å². The van der Waals surface area contributed by atoms with Crippen LogP contribution in [0.3, 0.4) is 0 Å². The normalized spacial score (nSPS) is 13.0. The zero-order valence-corrected chi connectivity index (χ0v) is 47.5. The molecule has 0 aliphatic heterocycles. The first kappa shape index (κ1) is 55.7. The van der Waals surface area contributed by atoms with Crippen molar-refractivity contribution in [1.29, 1.82) is 0 Å². The monoisotopic (exact) mass is 1030 g/mol. The van der Waals surface area contributed by atoms with Crippen molar-refractivity contribution in [3.8, 4) is 69.0 Å². The smallest absolute Gasteiger partial charge is 0.133 e. The molecule has 1 aliphatic rings. The predicted molar refractivity (Wildman–Crippen MR) is 296 cm³/mol. The number of hydrogen-bond acceptors (Lipinski definition) is 12. The Balaban J connectivity index is 1.64. The summed E-state index contributed by atoms with van der Waals surface area (Å²) in [5, 5.41) is 38.0. The highest BCUT2D eigenvalue weighted by Gasteiger charge is 2.32. The summed E-state index contributed by atoms with van der Waals surface area (Å²) in [4.78, 5) is 0. The Kier molecular flexibility index (Phi) is 16.1. The standard InChI is InChI=1S/C63H78O12/c1-61(2,3)40-19-34-25-43-49(67-10)31-51(69-12)45(58(43)73-16)27-36-21-41(62(4,5)6)23-38(56(36)65)29-47-53(71-14)33-54(72-15)48(60(47)75-18)30-39-24-42(63(7,8)9)22-37(57(39)66)28-46-52(70-13)32-50(68-11)44(59(46)74-17)26-35(20-40)55(34)64/h19-24,31-33,64-66H,25-30H2,1-18H3. The average Bonchev–Trinajstić information content (AvgIpc) is 3.36. The largest absolute Gasteiger partial charge is 0.507 e. The fraction of sp³-hybridized carbons (Fsp3) is 0.429. The molecule has 0 fully saturated rings. The van der Waals surface area contributed by atoms with Crippen LogP contribution in [0.2, 0.25) is 0 Å². The topological polar surface area (TPSA) is 144 Å². The van der Waals surface area contributed by atoms with E-state index in [9.17, 15) is 15.3 Å². The molecule has 12 bridgehead atoms. The molecule has 0 atom stereocenters. The molecule has 0 heterocycles. The summed E-state index contributed by atoms with van der Waals surface area (Å²) in [7, 11) is 14.5. The zero-order valence-electron chi connectivity index (χ0n) is 47.5. The Morgan fingerprint density at radius 3 is 0.547 bits per heavy atom. The van der Waals surface area contributed by atoms with Crippen LogP contribution in [-0.4, -0.2) is 79.3 Å². The van der Waals surface area contributed by atoms with Gasteiger partial charge in [-0.05, 0) is 66.3 Å². The van der Waals surface area contributed by atoms with E-state index in [2.05, 4.69) is 62.3 Å². The van der Waals surface area contributed by atoms with Gasteiger partial charge in [-0.3, -0.25) is 0 Å². The van der Waals surface area contributed by atoms with Crippen molar-refractivity contribution in [3.05, 3.63) is 138 Å². The van der Waals surface area contributed by atoms with E-state index >= 15 is 0 Å². The number of rotatable bonds is 9. The van der Waals surface area contributed by atoms with Gasteiger partial charge in [0.05, 0.1) is 64.0 Å².